The number of hydrogen-bond acceptors (Lipinski definition) is 2. The standard InChI is InChI=1S/C15H18Cl2N2O2/c1-2-3-4-18-15(21)10-5-14(20)19(9-10)13-7-11(16)6-12(17)8-13/h6-8,10H,2-5,9H2,1H3,(H,18,21). The molecule has 1 fully saturated rings. The van der Waals surface area contributed by atoms with Crippen LogP contribution in [0.3, 0.4) is 0 Å². The molecule has 1 unspecified atom stereocenters. The van der Waals surface area contributed by atoms with Gasteiger partial charge in [0.2, 0.25) is 11.8 Å². The Morgan fingerprint density at radius 3 is 2.62 bits per heavy atom. The molecular weight excluding hydrogens is 311 g/mol. The van der Waals surface area contributed by atoms with Gasteiger partial charge in [-0.2, -0.15) is 0 Å². The molecule has 1 saturated heterocycles. The average Bonchev–Trinajstić information content (AvgIpc) is 2.80. The fourth-order valence-electron chi connectivity index (χ4n) is 2.36. The molecule has 1 aromatic rings. The lowest BCUT2D eigenvalue weighted by atomic mass is 10.1. The molecule has 0 aromatic heterocycles. The molecule has 1 atom stereocenters. The van der Waals surface area contributed by atoms with Crippen LogP contribution in [0.25, 0.3) is 0 Å². The second-order valence-electron chi connectivity index (χ2n) is 5.18. The third-order valence-corrected chi connectivity index (χ3v) is 3.92. The van der Waals surface area contributed by atoms with Gasteiger partial charge in [0.25, 0.3) is 0 Å². The molecular formula is C15H18Cl2N2O2. The second kappa shape index (κ2) is 7.14. The van der Waals surface area contributed by atoms with E-state index in [2.05, 4.69) is 12.2 Å². The highest BCUT2D eigenvalue weighted by Gasteiger charge is 2.35. The van der Waals surface area contributed by atoms with Gasteiger partial charge in [0.15, 0.2) is 0 Å². The number of nitrogens with one attached hydrogen (secondary N) is 1. The van der Waals surface area contributed by atoms with Gasteiger partial charge < -0.3 is 10.2 Å². The first kappa shape index (κ1) is 16.1. The summed E-state index contributed by atoms with van der Waals surface area (Å²) >= 11 is 11.9. The van der Waals surface area contributed by atoms with E-state index in [-0.39, 0.29) is 24.2 Å². The molecule has 0 saturated carbocycles. The van der Waals surface area contributed by atoms with Crippen LogP contribution in [0.4, 0.5) is 5.69 Å². The van der Waals surface area contributed by atoms with Crippen LogP contribution in [0, 0.1) is 5.92 Å². The van der Waals surface area contributed by atoms with Gasteiger partial charge in [0.1, 0.15) is 0 Å². The van der Waals surface area contributed by atoms with Gasteiger partial charge in [0, 0.05) is 35.2 Å². The average molecular weight is 329 g/mol. The minimum absolute atomic E-state index is 0.0626. The van der Waals surface area contributed by atoms with Crippen LogP contribution in [0.15, 0.2) is 18.2 Å². The number of unbranched alkanes of at least 4 members (excludes halogenated alkanes) is 1. The summed E-state index contributed by atoms with van der Waals surface area (Å²) in [7, 11) is 0. The molecule has 0 spiro atoms. The molecule has 4 nitrogen and oxygen atoms in total. The summed E-state index contributed by atoms with van der Waals surface area (Å²) in [5.41, 5.74) is 0.640. The Labute approximate surface area is 134 Å². The smallest absolute Gasteiger partial charge is 0.227 e. The highest BCUT2D eigenvalue weighted by Crippen LogP contribution is 2.30. The van der Waals surface area contributed by atoms with Crippen molar-refractivity contribution >= 4 is 40.7 Å². The first-order valence-corrected chi connectivity index (χ1v) is 7.81. The van der Waals surface area contributed by atoms with E-state index < -0.39 is 0 Å². The van der Waals surface area contributed by atoms with Crippen molar-refractivity contribution in [2.75, 3.05) is 18.0 Å². The molecule has 1 heterocycles. The fourth-order valence-corrected chi connectivity index (χ4v) is 2.88. The Bertz CT molecular complexity index is 528. The minimum Gasteiger partial charge on any atom is -0.356 e. The first-order valence-electron chi connectivity index (χ1n) is 7.05. The normalized spacial score (nSPS) is 18.1. The second-order valence-corrected chi connectivity index (χ2v) is 6.05. The molecule has 1 N–H and O–H groups in total. The molecule has 1 aliphatic heterocycles. The number of benzene rings is 1. The summed E-state index contributed by atoms with van der Waals surface area (Å²) in [6.07, 6.45) is 2.19. The van der Waals surface area contributed by atoms with Gasteiger partial charge in [-0.05, 0) is 24.6 Å². The zero-order valence-electron chi connectivity index (χ0n) is 11.9. The third-order valence-electron chi connectivity index (χ3n) is 3.48. The number of halogens is 2. The van der Waals surface area contributed by atoms with E-state index in [1.807, 2.05) is 0 Å². The Morgan fingerprint density at radius 1 is 1.33 bits per heavy atom. The zero-order valence-corrected chi connectivity index (χ0v) is 13.4. The van der Waals surface area contributed by atoms with Crippen molar-refractivity contribution in [2.45, 2.75) is 26.2 Å². The number of carbonyl (C=O) groups is 2. The van der Waals surface area contributed by atoms with Crippen molar-refractivity contribution in [3.63, 3.8) is 0 Å². The molecule has 0 bridgehead atoms. The van der Waals surface area contributed by atoms with Crippen molar-refractivity contribution in [3.8, 4) is 0 Å². The van der Waals surface area contributed by atoms with Gasteiger partial charge in [0.05, 0.1) is 5.92 Å². The van der Waals surface area contributed by atoms with Crippen LogP contribution < -0.4 is 10.2 Å². The van der Waals surface area contributed by atoms with Gasteiger partial charge in [-0.15, -0.1) is 0 Å². The number of hydrogen-bond donors (Lipinski definition) is 1. The number of anilines is 1. The summed E-state index contributed by atoms with van der Waals surface area (Å²) in [6.45, 7) is 3.09. The molecule has 2 amide bonds. The number of rotatable bonds is 5. The number of amides is 2. The predicted octanol–water partition coefficient (Wildman–Crippen LogP) is 3.26. The van der Waals surface area contributed by atoms with Gasteiger partial charge in [-0.25, -0.2) is 0 Å². The molecule has 1 aliphatic rings. The summed E-state index contributed by atoms with van der Waals surface area (Å²) in [5, 5.41) is 3.82. The first-order chi connectivity index (χ1) is 10.0. The lowest BCUT2D eigenvalue weighted by Crippen LogP contribution is -2.33. The van der Waals surface area contributed by atoms with Crippen LogP contribution in [-0.2, 0) is 9.59 Å². The van der Waals surface area contributed by atoms with Crippen molar-refractivity contribution in [3.05, 3.63) is 28.2 Å². The molecule has 0 radical (unpaired) electrons. The van der Waals surface area contributed by atoms with Crippen molar-refractivity contribution in [2.24, 2.45) is 5.92 Å². The SMILES string of the molecule is CCCCNC(=O)C1CC(=O)N(c2cc(Cl)cc(Cl)c2)C1. The zero-order chi connectivity index (χ0) is 15.4. The van der Waals surface area contributed by atoms with Crippen molar-refractivity contribution < 1.29 is 9.59 Å². The maximum Gasteiger partial charge on any atom is 0.227 e. The highest BCUT2D eigenvalue weighted by molar-refractivity contribution is 6.35. The summed E-state index contributed by atoms with van der Waals surface area (Å²) < 4.78 is 0. The topological polar surface area (TPSA) is 49.4 Å². The Balaban J connectivity index is 2.04. The van der Waals surface area contributed by atoms with Crippen LogP contribution in [0.5, 0.6) is 0 Å². The minimum atomic E-state index is -0.313. The lowest BCUT2D eigenvalue weighted by molar-refractivity contribution is -0.126. The van der Waals surface area contributed by atoms with Crippen LogP contribution in [0.1, 0.15) is 26.2 Å². The lowest BCUT2D eigenvalue weighted by Gasteiger charge is -2.17. The molecule has 0 aliphatic carbocycles. The van der Waals surface area contributed by atoms with E-state index >= 15 is 0 Å². The highest BCUT2D eigenvalue weighted by atomic mass is 35.5. The van der Waals surface area contributed by atoms with Crippen LogP contribution >= 0.6 is 23.2 Å². The van der Waals surface area contributed by atoms with E-state index in [0.29, 0.717) is 28.8 Å². The Morgan fingerprint density at radius 2 is 2.00 bits per heavy atom. The summed E-state index contributed by atoms with van der Waals surface area (Å²) in [4.78, 5) is 25.7. The monoisotopic (exact) mass is 328 g/mol. The van der Waals surface area contributed by atoms with Crippen LogP contribution in [0.2, 0.25) is 10.0 Å². The van der Waals surface area contributed by atoms with Crippen LogP contribution in [-0.4, -0.2) is 24.9 Å². The maximum absolute atomic E-state index is 12.1. The quantitative estimate of drug-likeness (QED) is 0.843. The Kier molecular flexibility index (Phi) is 5.48. The summed E-state index contributed by atoms with van der Waals surface area (Å²) in [6, 6.07) is 4.98. The molecule has 114 valence electrons. The van der Waals surface area contributed by atoms with Crippen molar-refractivity contribution in [1.29, 1.82) is 0 Å². The molecule has 2 rings (SSSR count). The van der Waals surface area contributed by atoms with Gasteiger partial charge >= 0.3 is 0 Å². The maximum atomic E-state index is 12.1. The van der Waals surface area contributed by atoms with Crippen molar-refractivity contribution in [1.82, 2.24) is 5.32 Å². The van der Waals surface area contributed by atoms with E-state index in [9.17, 15) is 9.59 Å². The van der Waals surface area contributed by atoms with Gasteiger partial charge in [-0.1, -0.05) is 36.5 Å². The largest absolute Gasteiger partial charge is 0.356 e. The molecule has 21 heavy (non-hydrogen) atoms. The van der Waals surface area contributed by atoms with Gasteiger partial charge in [-0.3, -0.25) is 9.59 Å². The number of nitrogens with zero attached hydrogens (tertiary/aromatic N) is 1. The third kappa shape index (κ3) is 4.11. The van der Waals surface area contributed by atoms with E-state index in [1.54, 1.807) is 23.1 Å². The molecule has 1 aromatic carbocycles. The molecule has 6 heteroatoms. The van der Waals surface area contributed by atoms with E-state index in [1.165, 1.54) is 0 Å². The Hall–Kier alpha value is -1.26. The van der Waals surface area contributed by atoms with E-state index in [0.717, 1.165) is 12.8 Å². The predicted molar refractivity (Wildman–Crippen MR) is 84.8 cm³/mol. The van der Waals surface area contributed by atoms with E-state index in [4.69, 9.17) is 23.2 Å². The summed E-state index contributed by atoms with van der Waals surface area (Å²) in [5.74, 6) is -0.455. The number of carbonyl (C=O) groups excluding carboxylic acids is 2. The fraction of sp³-hybridized carbons (Fsp3) is 0.467.